The van der Waals surface area contributed by atoms with Crippen LogP contribution in [0.3, 0.4) is 0 Å². The van der Waals surface area contributed by atoms with E-state index >= 15 is 0 Å². The molecule has 0 radical (unpaired) electrons. The summed E-state index contributed by atoms with van der Waals surface area (Å²) in [7, 11) is 0. The fraction of sp³-hybridized carbons (Fsp3) is 0.190. The third kappa shape index (κ3) is 6.11. The van der Waals surface area contributed by atoms with Gasteiger partial charge in [0.05, 0.1) is 5.75 Å². The monoisotopic (exact) mass is 379 g/mol. The molecule has 1 heterocycles. The summed E-state index contributed by atoms with van der Waals surface area (Å²) in [6.07, 6.45) is 2.24. The molecule has 138 valence electrons. The summed E-state index contributed by atoms with van der Waals surface area (Å²) in [5, 5.41) is 0.457. The highest BCUT2D eigenvalue weighted by molar-refractivity contribution is 7.99. The van der Waals surface area contributed by atoms with Crippen LogP contribution in [-0.4, -0.2) is 33.1 Å². The second-order valence-electron chi connectivity index (χ2n) is 6.06. The lowest BCUT2D eigenvalue weighted by atomic mass is 10.1. The van der Waals surface area contributed by atoms with Crippen LogP contribution in [0.1, 0.15) is 11.1 Å². The van der Waals surface area contributed by atoms with Crippen molar-refractivity contribution in [2.45, 2.75) is 18.1 Å². The van der Waals surface area contributed by atoms with Gasteiger partial charge < -0.3 is 9.88 Å². The molecule has 5 nitrogen and oxygen atoms in total. The van der Waals surface area contributed by atoms with Crippen molar-refractivity contribution in [1.82, 2.24) is 14.9 Å². The Balaban J connectivity index is 1.65. The number of carbonyl (C=O) groups is 1. The highest BCUT2D eigenvalue weighted by Crippen LogP contribution is 2.14. The van der Waals surface area contributed by atoms with Crippen LogP contribution in [-0.2, 0) is 17.8 Å². The summed E-state index contributed by atoms with van der Waals surface area (Å²) in [5.74, 6) is 0.250. The normalized spacial score (nSPS) is 10.5. The minimum atomic E-state index is -0.217. The highest BCUT2D eigenvalue weighted by Gasteiger charge is 2.15. The molecule has 0 spiro atoms. The van der Waals surface area contributed by atoms with E-state index < -0.39 is 0 Å². The number of rotatable bonds is 8. The standard InChI is InChI=1S/C21H21N3O2S/c25-19-11-13-22-21(23-19)27-16-20(26)24(15-18-9-5-2-6-10-18)14-12-17-7-3-1-4-8-17/h1-11,13H,12,14-16H2,(H,22,23,25). The zero-order chi connectivity index (χ0) is 18.9. The molecular weight excluding hydrogens is 358 g/mol. The molecule has 2 aromatic carbocycles. The Morgan fingerprint density at radius 3 is 2.30 bits per heavy atom. The SMILES string of the molecule is O=C(CSc1nccc(=O)[nH]1)N(CCc1ccccc1)Cc1ccccc1. The first-order valence-corrected chi connectivity index (χ1v) is 9.73. The Kier molecular flexibility index (Phi) is 6.82. The van der Waals surface area contributed by atoms with Gasteiger partial charge in [0.1, 0.15) is 0 Å². The maximum atomic E-state index is 12.8. The Bertz CT molecular complexity index is 913. The van der Waals surface area contributed by atoms with Gasteiger partial charge in [-0.3, -0.25) is 9.59 Å². The minimum absolute atomic E-state index is 0.0197. The molecule has 0 fully saturated rings. The van der Waals surface area contributed by atoms with Gasteiger partial charge in [-0.25, -0.2) is 4.98 Å². The van der Waals surface area contributed by atoms with Crippen molar-refractivity contribution >= 4 is 17.7 Å². The van der Waals surface area contributed by atoms with Gasteiger partial charge in [0, 0.05) is 25.4 Å². The van der Waals surface area contributed by atoms with E-state index in [4.69, 9.17) is 0 Å². The molecule has 0 aliphatic heterocycles. The number of H-pyrrole nitrogens is 1. The van der Waals surface area contributed by atoms with Gasteiger partial charge in [-0.2, -0.15) is 0 Å². The number of hydrogen-bond acceptors (Lipinski definition) is 4. The summed E-state index contributed by atoms with van der Waals surface area (Å²) in [6, 6.07) is 21.4. The average molecular weight is 379 g/mol. The molecule has 3 rings (SSSR count). The van der Waals surface area contributed by atoms with Gasteiger partial charge in [-0.05, 0) is 17.5 Å². The summed E-state index contributed by atoms with van der Waals surface area (Å²) in [6.45, 7) is 1.20. The summed E-state index contributed by atoms with van der Waals surface area (Å²) in [4.78, 5) is 32.8. The first-order chi connectivity index (χ1) is 13.2. The zero-order valence-electron chi connectivity index (χ0n) is 14.9. The predicted molar refractivity (Wildman–Crippen MR) is 108 cm³/mol. The number of nitrogens with zero attached hydrogens (tertiary/aromatic N) is 2. The van der Waals surface area contributed by atoms with Gasteiger partial charge in [-0.15, -0.1) is 0 Å². The molecule has 1 aromatic heterocycles. The number of hydrogen-bond donors (Lipinski definition) is 1. The van der Waals surface area contributed by atoms with Crippen molar-refractivity contribution in [2.75, 3.05) is 12.3 Å². The molecule has 1 amide bonds. The first kappa shape index (κ1) is 18.9. The van der Waals surface area contributed by atoms with E-state index in [9.17, 15) is 9.59 Å². The molecule has 0 unspecified atom stereocenters. The Morgan fingerprint density at radius 1 is 0.963 bits per heavy atom. The van der Waals surface area contributed by atoms with Crippen molar-refractivity contribution < 1.29 is 4.79 Å². The fourth-order valence-electron chi connectivity index (χ4n) is 2.65. The number of aromatic nitrogens is 2. The van der Waals surface area contributed by atoms with Gasteiger partial charge in [0.2, 0.25) is 5.91 Å². The smallest absolute Gasteiger partial charge is 0.251 e. The molecule has 1 N–H and O–H groups in total. The molecular formula is C21H21N3O2S. The third-order valence-corrected chi connectivity index (χ3v) is 4.93. The Hall–Kier alpha value is -2.86. The lowest BCUT2D eigenvalue weighted by molar-refractivity contribution is -0.128. The van der Waals surface area contributed by atoms with Crippen LogP contribution in [0.25, 0.3) is 0 Å². The molecule has 0 atom stereocenters. The van der Waals surface area contributed by atoms with Crippen molar-refractivity contribution in [1.29, 1.82) is 0 Å². The quantitative estimate of drug-likeness (QED) is 0.482. The number of thioether (sulfide) groups is 1. The maximum absolute atomic E-state index is 12.8. The maximum Gasteiger partial charge on any atom is 0.251 e. The first-order valence-electron chi connectivity index (χ1n) is 8.74. The predicted octanol–water partition coefficient (Wildman–Crippen LogP) is 3.13. The van der Waals surface area contributed by atoms with Crippen molar-refractivity contribution in [3.05, 3.63) is 94.4 Å². The van der Waals surface area contributed by atoms with Crippen molar-refractivity contribution in [3.63, 3.8) is 0 Å². The highest BCUT2D eigenvalue weighted by atomic mass is 32.2. The number of aromatic amines is 1. The third-order valence-electron chi connectivity index (χ3n) is 4.06. The molecule has 0 bridgehead atoms. The van der Waals surface area contributed by atoms with E-state index in [1.54, 1.807) is 0 Å². The van der Waals surface area contributed by atoms with Gasteiger partial charge in [-0.1, -0.05) is 72.4 Å². The molecule has 0 aliphatic rings. The molecule has 3 aromatic rings. The Labute approximate surface area is 162 Å². The number of amides is 1. The van der Waals surface area contributed by atoms with Crippen LogP contribution in [0.5, 0.6) is 0 Å². The van der Waals surface area contributed by atoms with E-state index in [1.807, 2.05) is 53.4 Å². The summed E-state index contributed by atoms with van der Waals surface area (Å²) < 4.78 is 0. The van der Waals surface area contributed by atoms with E-state index in [-0.39, 0.29) is 17.2 Å². The van der Waals surface area contributed by atoms with E-state index in [0.29, 0.717) is 18.2 Å². The number of nitrogens with one attached hydrogen (secondary N) is 1. The molecule has 0 aliphatic carbocycles. The number of benzene rings is 2. The zero-order valence-corrected chi connectivity index (χ0v) is 15.7. The van der Waals surface area contributed by atoms with E-state index in [1.165, 1.54) is 29.6 Å². The summed E-state index contributed by atoms with van der Waals surface area (Å²) >= 11 is 1.25. The second-order valence-corrected chi connectivity index (χ2v) is 7.03. The molecule has 6 heteroatoms. The van der Waals surface area contributed by atoms with Crippen molar-refractivity contribution in [3.8, 4) is 0 Å². The Morgan fingerprint density at radius 2 is 1.63 bits per heavy atom. The topological polar surface area (TPSA) is 66.1 Å². The lowest BCUT2D eigenvalue weighted by Crippen LogP contribution is -2.34. The number of carbonyl (C=O) groups excluding carboxylic acids is 1. The second kappa shape index (κ2) is 9.73. The largest absolute Gasteiger partial charge is 0.337 e. The van der Waals surface area contributed by atoms with Gasteiger partial charge >= 0.3 is 0 Å². The minimum Gasteiger partial charge on any atom is -0.337 e. The van der Waals surface area contributed by atoms with E-state index in [2.05, 4.69) is 22.1 Å². The van der Waals surface area contributed by atoms with Crippen LogP contribution < -0.4 is 5.56 Å². The molecule has 0 saturated heterocycles. The van der Waals surface area contributed by atoms with Crippen LogP contribution in [0.15, 0.2) is 82.9 Å². The average Bonchev–Trinajstić information content (AvgIpc) is 2.71. The fourth-order valence-corrected chi connectivity index (χ4v) is 3.40. The van der Waals surface area contributed by atoms with E-state index in [0.717, 1.165) is 12.0 Å². The van der Waals surface area contributed by atoms with Crippen molar-refractivity contribution in [2.24, 2.45) is 0 Å². The lowest BCUT2D eigenvalue weighted by Gasteiger charge is -2.23. The van der Waals surface area contributed by atoms with Crippen LogP contribution in [0.2, 0.25) is 0 Å². The molecule has 0 saturated carbocycles. The van der Waals surface area contributed by atoms with Crippen LogP contribution in [0, 0.1) is 0 Å². The van der Waals surface area contributed by atoms with Crippen LogP contribution >= 0.6 is 11.8 Å². The van der Waals surface area contributed by atoms with Gasteiger partial charge in [0.15, 0.2) is 5.16 Å². The van der Waals surface area contributed by atoms with Crippen LogP contribution in [0.4, 0.5) is 0 Å². The van der Waals surface area contributed by atoms with Gasteiger partial charge in [0.25, 0.3) is 5.56 Å². The summed E-state index contributed by atoms with van der Waals surface area (Å²) in [5.41, 5.74) is 2.07. The molecule has 27 heavy (non-hydrogen) atoms.